The van der Waals surface area contributed by atoms with Crippen LogP contribution in [0.1, 0.15) is 5.69 Å². The summed E-state index contributed by atoms with van der Waals surface area (Å²) in [6.07, 6.45) is 4.87. The minimum absolute atomic E-state index is 0. The summed E-state index contributed by atoms with van der Waals surface area (Å²) in [6, 6.07) is 5.91. The normalized spacial score (nSPS) is 9.55. The van der Waals surface area contributed by atoms with E-state index in [1.54, 1.807) is 0 Å². The number of aromatic nitrogens is 2. The van der Waals surface area contributed by atoms with Gasteiger partial charge in [-0.1, -0.05) is 11.8 Å². The predicted octanol–water partition coefficient (Wildman–Crippen LogP) is 1.44. The monoisotopic (exact) mass is 220 g/mol. The summed E-state index contributed by atoms with van der Waals surface area (Å²) in [4.78, 5) is 4.06. The first-order valence-electron chi connectivity index (χ1n) is 3.19. The van der Waals surface area contributed by atoms with Gasteiger partial charge in [0.1, 0.15) is 0 Å². The van der Waals surface area contributed by atoms with E-state index in [2.05, 4.69) is 11.2 Å². The van der Waals surface area contributed by atoms with Crippen LogP contribution in [0.2, 0.25) is 0 Å². The number of aryl methyl sites for hydroxylation is 1. The second-order valence-electron chi connectivity index (χ2n) is 2.24. The molecule has 0 bridgehead atoms. The van der Waals surface area contributed by atoms with Crippen LogP contribution in [0.3, 0.4) is 0 Å². The molecule has 1 radical (unpaired) electrons. The van der Waals surface area contributed by atoms with Crippen LogP contribution in [-0.2, 0) is 32.7 Å². The average Bonchev–Trinajstić information content (AvgIpc) is 2.34. The van der Waals surface area contributed by atoms with Gasteiger partial charge in [-0.3, -0.25) is 0 Å². The molecule has 2 aromatic rings. The molecule has 2 nitrogen and oxygen atoms in total. The van der Waals surface area contributed by atoms with Gasteiger partial charge in [0.05, 0.1) is 0 Å². The number of hydrogen-bond acceptors (Lipinski definition) is 1. The van der Waals surface area contributed by atoms with Gasteiger partial charge in [0.2, 0.25) is 0 Å². The SMILES string of the molecule is Cc1[c-]nc2ccccn12.[Y]. The molecule has 0 unspecified atom stereocenters. The molecule has 11 heavy (non-hydrogen) atoms. The molecule has 0 aliphatic heterocycles. The van der Waals surface area contributed by atoms with E-state index in [1.807, 2.05) is 35.7 Å². The first kappa shape index (κ1) is 8.89. The summed E-state index contributed by atoms with van der Waals surface area (Å²) < 4.78 is 2.00. The van der Waals surface area contributed by atoms with Gasteiger partial charge in [-0.25, -0.2) is 0 Å². The van der Waals surface area contributed by atoms with E-state index in [9.17, 15) is 0 Å². The molecule has 0 N–H and O–H groups in total. The van der Waals surface area contributed by atoms with E-state index < -0.39 is 0 Å². The molecular weight excluding hydrogens is 213 g/mol. The van der Waals surface area contributed by atoms with E-state index in [-0.39, 0.29) is 32.7 Å². The van der Waals surface area contributed by atoms with E-state index in [0.717, 1.165) is 11.3 Å². The van der Waals surface area contributed by atoms with Crippen molar-refractivity contribution in [3.05, 3.63) is 36.3 Å². The van der Waals surface area contributed by atoms with Crippen LogP contribution in [0.5, 0.6) is 0 Å². The molecule has 2 heterocycles. The van der Waals surface area contributed by atoms with Crippen molar-refractivity contribution in [3.63, 3.8) is 0 Å². The molecule has 0 spiro atoms. The fourth-order valence-electron chi connectivity index (χ4n) is 1.00. The standard InChI is InChI=1S/C8H7N2.Y/c1-7-6-9-8-4-2-3-5-10(7)8;/h2-5H,1H3;/q-1;. The molecule has 0 aromatic carbocycles. The van der Waals surface area contributed by atoms with Gasteiger partial charge in [0.25, 0.3) is 0 Å². The fraction of sp³-hybridized carbons (Fsp3) is 0.125. The summed E-state index contributed by atoms with van der Waals surface area (Å²) in [5.74, 6) is 0. The Balaban J connectivity index is 0.000000605. The van der Waals surface area contributed by atoms with Gasteiger partial charge < -0.3 is 9.38 Å². The number of hydrogen-bond donors (Lipinski definition) is 0. The van der Waals surface area contributed by atoms with Gasteiger partial charge in [-0.2, -0.15) is 0 Å². The van der Waals surface area contributed by atoms with Crippen molar-refractivity contribution in [2.24, 2.45) is 0 Å². The van der Waals surface area contributed by atoms with Gasteiger partial charge in [-0.15, -0.1) is 12.3 Å². The molecule has 3 heteroatoms. The van der Waals surface area contributed by atoms with E-state index in [4.69, 9.17) is 0 Å². The number of nitrogens with zero attached hydrogens (tertiary/aromatic N) is 2. The Hall–Kier alpha value is -0.206. The summed E-state index contributed by atoms with van der Waals surface area (Å²) in [7, 11) is 0. The Morgan fingerprint density at radius 1 is 1.45 bits per heavy atom. The van der Waals surface area contributed by atoms with Crippen LogP contribution >= 0.6 is 0 Å². The maximum Gasteiger partial charge on any atom is 0 e. The number of fused-ring (bicyclic) bond motifs is 1. The molecular formula is C8H7N2Y-. The average molecular weight is 220 g/mol. The van der Waals surface area contributed by atoms with E-state index in [1.165, 1.54) is 0 Å². The topological polar surface area (TPSA) is 17.3 Å². The summed E-state index contributed by atoms with van der Waals surface area (Å²) in [5.41, 5.74) is 2.01. The zero-order valence-corrected chi connectivity index (χ0v) is 9.12. The van der Waals surface area contributed by atoms with Crippen molar-refractivity contribution in [3.8, 4) is 0 Å². The summed E-state index contributed by atoms with van der Waals surface area (Å²) >= 11 is 0. The minimum Gasteiger partial charge on any atom is -0.435 e. The molecule has 0 amide bonds. The van der Waals surface area contributed by atoms with Crippen LogP contribution < -0.4 is 0 Å². The van der Waals surface area contributed by atoms with Crippen molar-refractivity contribution in [2.45, 2.75) is 6.92 Å². The third-order valence-electron chi connectivity index (χ3n) is 1.53. The van der Waals surface area contributed by atoms with Gasteiger partial charge in [0, 0.05) is 32.7 Å². The van der Waals surface area contributed by atoms with Crippen LogP contribution in [0.15, 0.2) is 24.4 Å². The Bertz CT molecular complexity index is 354. The van der Waals surface area contributed by atoms with Gasteiger partial charge in [-0.05, 0) is 24.8 Å². The maximum absolute atomic E-state index is 4.06. The number of rotatable bonds is 0. The third kappa shape index (κ3) is 1.52. The maximum atomic E-state index is 4.06. The first-order chi connectivity index (χ1) is 4.88. The van der Waals surface area contributed by atoms with Crippen molar-refractivity contribution in [2.75, 3.05) is 0 Å². The van der Waals surface area contributed by atoms with Crippen molar-refractivity contribution in [1.82, 2.24) is 9.38 Å². The molecule has 0 saturated heterocycles. The molecule has 2 rings (SSSR count). The second kappa shape index (κ2) is 3.46. The van der Waals surface area contributed by atoms with E-state index >= 15 is 0 Å². The Labute approximate surface area is 90.5 Å². The molecule has 0 aliphatic carbocycles. The van der Waals surface area contributed by atoms with Crippen molar-refractivity contribution >= 4 is 5.65 Å². The smallest absolute Gasteiger partial charge is 0 e. The molecule has 0 saturated carbocycles. The first-order valence-corrected chi connectivity index (χ1v) is 3.19. The molecule has 0 fully saturated rings. The fourth-order valence-corrected chi connectivity index (χ4v) is 1.00. The van der Waals surface area contributed by atoms with Crippen LogP contribution in [-0.4, -0.2) is 9.38 Å². The quantitative estimate of drug-likeness (QED) is 0.614. The van der Waals surface area contributed by atoms with Gasteiger partial charge >= 0.3 is 0 Å². The largest absolute Gasteiger partial charge is 0.435 e. The Morgan fingerprint density at radius 3 is 3.00 bits per heavy atom. The van der Waals surface area contributed by atoms with E-state index in [0.29, 0.717) is 0 Å². The minimum atomic E-state index is 0. The van der Waals surface area contributed by atoms with Crippen LogP contribution in [0, 0.1) is 13.1 Å². The Morgan fingerprint density at radius 2 is 2.27 bits per heavy atom. The predicted molar refractivity (Wildman–Crippen MR) is 38.8 cm³/mol. The molecule has 0 atom stereocenters. The zero-order valence-electron chi connectivity index (χ0n) is 6.28. The molecule has 0 aliphatic rings. The van der Waals surface area contributed by atoms with Gasteiger partial charge in [0.15, 0.2) is 0 Å². The summed E-state index contributed by atoms with van der Waals surface area (Å²) in [5, 5.41) is 0. The molecule has 2 aromatic heterocycles. The summed E-state index contributed by atoms with van der Waals surface area (Å²) in [6.45, 7) is 1.99. The third-order valence-corrected chi connectivity index (χ3v) is 1.53. The van der Waals surface area contributed by atoms with Crippen molar-refractivity contribution in [1.29, 1.82) is 0 Å². The second-order valence-corrected chi connectivity index (χ2v) is 2.24. The number of imidazole rings is 1. The number of pyridine rings is 1. The van der Waals surface area contributed by atoms with Crippen LogP contribution in [0.25, 0.3) is 5.65 Å². The zero-order chi connectivity index (χ0) is 6.97. The van der Waals surface area contributed by atoms with Crippen LogP contribution in [0.4, 0.5) is 0 Å². The Kier molecular flexibility index (Phi) is 2.80. The molecule has 53 valence electrons. The van der Waals surface area contributed by atoms with Crippen molar-refractivity contribution < 1.29 is 32.7 Å².